The van der Waals surface area contributed by atoms with E-state index in [9.17, 15) is 9.35 Å². The molecule has 1 aliphatic heterocycles. The lowest BCUT2D eigenvalue weighted by molar-refractivity contribution is -0.105. The van der Waals surface area contributed by atoms with Gasteiger partial charge in [0.25, 0.3) is 0 Å². The van der Waals surface area contributed by atoms with E-state index in [4.69, 9.17) is 0 Å². The quantitative estimate of drug-likeness (QED) is 0.186. The monoisotopic (exact) mass is 473 g/mol. The second kappa shape index (κ2) is 13.3. The van der Waals surface area contributed by atoms with Gasteiger partial charge in [-0.15, -0.1) is 4.31 Å². The van der Waals surface area contributed by atoms with Crippen LogP contribution in [-0.2, 0) is 16.2 Å². The molecule has 1 heterocycles. The van der Waals surface area contributed by atoms with Crippen LogP contribution in [0.3, 0.4) is 0 Å². The van der Waals surface area contributed by atoms with Gasteiger partial charge >= 0.3 is 0 Å². The highest BCUT2D eigenvalue weighted by Gasteiger charge is 2.43. The normalized spacial score (nSPS) is 21.2. The van der Waals surface area contributed by atoms with Crippen LogP contribution in [0.5, 0.6) is 0 Å². The Bertz CT molecular complexity index is 1060. The summed E-state index contributed by atoms with van der Waals surface area (Å²) in [5.74, 6) is 0. The number of nitrogens with zero attached hydrogens (tertiary/aromatic N) is 1. The van der Waals surface area contributed by atoms with E-state index in [0.29, 0.717) is 16.9 Å². The highest BCUT2D eigenvalue weighted by Crippen LogP contribution is 2.40. The van der Waals surface area contributed by atoms with Crippen LogP contribution in [0, 0.1) is 0 Å². The zero-order valence-electron chi connectivity index (χ0n) is 21.1. The molecular formula is C29H36BNO2S. The standard InChI is InChI=1S/C29H36BNO2S/c1-8-21(4)14-15-23(6)34(33)31-28(25-12-11-13-27(19-25)30-7)17-16-26(20-32)29(31)24(10-3)18-22(5)9-2/h8-16,18-20,28-30H,3,6,17H2,1-2,4-5,7H3/b15-14-,21-8-,22-9-,24-18+/t28?,29-,34?/m0/s1. The summed E-state index contributed by atoms with van der Waals surface area (Å²) in [6.07, 6.45) is 14.9. The van der Waals surface area contributed by atoms with Crippen molar-refractivity contribution in [2.75, 3.05) is 0 Å². The fourth-order valence-corrected chi connectivity index (χ4v) is 5.20. The predicted octanol–water partition coefficient (Wildman–Crippen LogP) is 5.82. The molecule has 2 rings (SSSR count). The third kappa shape index (κ3) is 6.72. The lowest BCUT2D eigenvalue weighted by Gasteiger charge is -2.40. The van der Waals surface area contributed by atoms with Crippen molar-refractivity contribution in [1.82, 2.24) is 4.31 Å². The number of hydrogen-bond acceptors (Lipinski definition) is 3. The summed E-state index contributed by atoms with van der Waals surface area (Å²) in [4.78, 5) is 12.7. The Balaban J connectivity index is 2.70. The van der Waals surface area contributed by atoms with Gasteiger partial charge in [-0.3, -0.25) is 4.79 Å². The van der Waals surface area contributed by atoms with Gasteiger partial charge in [0, 0.05) is 5.57 Å². The molecule has 0 bridgehead atoms. The summed E-state index contributed by atoms with van der Waals surface area (Å²) < 4.78 is 16.0. The van der Waals surface area contributed by atoms with Crippen molar-refractivity contribution >= 4 is 30.4 Å². The zero-order chi connectivity index (χ0) is 25.3. The molecule has 5 heteroatoms. The van der Waals surface area contributed by atoms with Gasteiger partial charge in [0.1, 0.15) is 12.3 Å². The summed E-state index contributed by atoms with van der Waals surface area (Å²) >= 11 is -1.58. The van der Waals surface area contributed by atoms with Crippen molar-refractivity contribution in [2.45, 2.75) is 53.0 Å². The Labute approximate surface area is 209 Å². The SMILES string of the molecule is C=C/C(=C\C(C)=C/C)[C@H]1C(C=O)=CCC(c2cccc(BC)c2)N1[S+]([O-])C(=C)/C=C\C(C)=C/C. The fourth-order valence-electron chi connectivity index (χ4n) is 3.87. The first-order valence-electron chi connectivity index (χ1n) is 11.7. The molecule has 0 spiro atoms. The number of carbonyl (C=O) groups is 1. The number of allylic oxidation sites excluding steroid dienone is 7. The average Bonchev–Trinajstić information content (AvgIpc) is 2.88. The molecule has 1 aromatic carbocycles. The zero-order valence-corrected chi connectivity index (χ0v) is 21.9. The summed E-state index contributed by atoms with van der Waals surface area (Å²) in [7, 11) is 0.916. The highest BCUT2D eigenvalue weighted by molar-refractivity contribution is 7.93. The number of rotatable bonds is 10. The Hall–Kier alpha value is -2.60. The van der Waals surface area contributed by atoms with Crippen LogP contribution in [0.1, 0.15) is 45.7 Å². The van der Waals surface area contributed by atoms with E-state index in [1.165, 1.54) is 5.46 Å². The van der Waals surface area contributed by atoms with Crippen LogP contribution in [-0.4, -0.2) is 28.5 Å². The van der Waals surface area contributed by atoms with E-state index < -0.39 is 17.4 Å². The molecule has 0 N–H and O–H groups in total. The van der Waals surface area contributed by atoms with Gasteiger partial charge < -0.3 is 4.55 Å². The Morgan fingerprint density at radius 2 is 1.91 bits per heavy atom. The van der Waals surface area contributed by atoms with Crippen LogP contribution in [0.2, 0.25) is 6.82 Å². The summed E-state index contributed by atoms with van der Waals surface area (Å²) in [6.45, 7) is 18.2. The molecule has 1 aliphatic rings. The Morgan fingerprint density at radius 3 is 2.50 bits per heavy atom. The van der Waals surface area contributed by atoms with Gasteiger partial charge in [0.15, 0.2) is 12.2 Å². The van der Waals surface area contributed by atoms with Crippen LogP contribution in [0.15, 0.2) is 107 Å². The van der Waals surface area contributed by atoms with Crippen LogP contribution in [0.4, 0.5) is 0 Å². The van der Waals surface area contributed by atoms with Crippen molar-refractivity contribution in [2.24, 2.45) is 0 Å². The topological polar surface area (TPSA) is 43.4 Å². The van der Waals surface area contributed by atoms with Crippen molar-refractivity contribution in [1.29, 1.82) is 0 Å². The van der Waals surface area contributed by atoms with E-state index in [1.807, 2.05) is 68.4 Å². The number of carbonyl (C=O) groups excluding carboxylic acids is 1. The molecule has 1 aromatic rings. The smallest absolute Gasteiger partial charge is 0.167 e. The molecule has 34 heavy (non-hydrogen) atoms. The molecule has 0 saturated heterocycles. The van der Waals surface area contributed by atoms with E-state index >= 15 is 0 Å². The molecular weight excluding hydrogens is 437 g/mol. The molecule has 0 amide bonds. The van der Waals surface area contributed by atoms with Crippen molar-refractivity contribution < 1.29 is 9.35 Å². The summed E-state index contributed by atoms with van der Waals surface area (Å²) in [5.41, 5.74) is 5.82. The molecule has 2 unspecified atom stereocenters. The minimum Gasteiger partial charge on any atom is -0.593 e. The molecule has 0 aliphatic carbocycles. The molecule has 0 aromatic heterocycles. The third-order valence-electron chi connectivity index (χ3n) is 6.14. The Morgan fingerprint density at radius 1 is 1.21 bits per heavy atom. The van der Waals surface area contributed by atoms with Crippen molar-refractivity contribution in [3.05, 3.63) is 113 Å². The highest BCUT2D eigenvalue weighted by atomic mass is 32.2. The number of benzene rings is 1. The second-order valence-electron chi connectivity index (χ2n) is 8.40. The van der Waals surface area contributed by atoms with Gasteiger partial charge in [-0.25, -0.2) is 0 Å². The molecule has 3 atom stereocenters. The number of aldehydes is 1. The Kier molecular flexibility index (Phi) is 10.8. The van der Waals surface area contributed by atoms with Gasteiger partial charge in [0.2, 0.25) is 0 Å². The van der Waals surface area contributed by atoms with Crippen molar-refractivity contribution in [3.8, 4) is 0 Å². The maximum Gasteiger partial charge on any atom is 0.167 e. The van der Waals surface area contributed by atoms with Gasteiger partial charge in [-0.1, -0.05) is 90.7 Å². The predicted molar refractivity (Wildman–Crippen MR) is 150 cm³/mol. The first-order valence-corrected chi connectivity index (χ1v) is 12.8. The molecule has 0 saturated carbocycles. The molecule has 0 radical (unpaired) electrons. The maximum absolute atomic E-state index is 14.0. The summed E-state index contributed by atoms with van der Waals surface area (Å²) in [6, 6.07) is 7.71. The van der Waals surface area contributed by atoms with Crippen LogP contribution >= 0.6 is 0 Å². The first kappa shape index (κ1) is 27.6. The fraction of sp³-hybridized carbons (Fsp3) is 0.276. The average molecular weight is 473 g/mol. The van der Waals surface area contributed by atoms with E-state index in [1.54, 1.807) is 12.2 Å². The molecule has 3 nitrogen and oxygen atoms in total. The van der Waals surface area contributed by atoms with Gasteiger partial charge in [-0.05, 0) is 57.9 Å². The largest absolute Gasteiger partial charge is 0.593 e. The maximum atomic E-state index is 14.0. The summed E-state index contributed by atoms with van der Waals surface area (Å²) in [5, 5.41) is 0. The van der Waals surface area contributed by atoms with Crippen LogP contribution in [0.25, 0.3) is 0 Å². The lowest BCUT2D eigenvalue weighted by atomic mass is 9.72. The number of hydrogen-bond donors (Lipinski definition) is 0. The van der Waals surface area contributed by atoms with Gasteiger partial charge in [0.05, 0.1) is 17.4 Å². The minimum atomic E-state index is -1.58. The third-order valence-corrected chi connectivity index (χ3v) is 7.57. The van der Waals surface area contributed by atoms with Crippen LogP contribution < -0.4 is 5.46 Å². The molecule has 0 fully saturated rings. The lowest BCUT2D eigenvalue weighted by Crippen LogP contribution is -2.47. The minimum absolute atomic E-state index is 0.178. The van der Waals surface area contributed by atoms with Gasteiger partial charge in [-0.2, -0.15) is 0 Å². The van der Waals surface area contributed by atoms with Crippen molar-refractivity contribution in [3.63, 3.8) is 0 Å². The second-order valence-corrected chi connectivity index (χ2v) is 9.84. The molecule has 178 valence electrons. The van der Waals surface area contributed by atoms with E-state index in [0.717, 1.165) is 35.8 Å². The first-order chi connectivity index (χ1) is 16.3. The van der Waals surface area contributed by atoms with E-state index in [-0.39, 0.29) is 6.04 Å². The van der Waals surface area contributed by atoms with E-state index in [2.05, 4.69) is 38.2 Å².